The number of rotatable bonds is 12. The number of alkyl carbamates (subject to hydrolysis) is 1. The molecule has 1 unspecified atom stereocenters. The largest absolute Gasteiger partial charge is 0.453 e. The molecule has 0 saturated carbocycles. The van der Waals surface area contributed by atoms with Crippen molar-refractivity contribution >= 4 is 17.9 Å². The quantitative estimate of drug-likeness (QED) is 0.183. The number of carbonyl (C=O) groups is 3. The van der Waals surface area contributed by atoms with Crippen molar-refractivity contribution in [1.82, 2.24) is 45.0 Å². The molecule has 0 spiro atoms. The molecule has 0 radical (unpaired) electrons. The Hall–Kier alpha value is -5.22. The van der Waals surface area contributed by atoms with Crippen molar-refractivity contribution in [3.63, 3.8) is 0 Å². The number of nitrogens with zero attached hydrogens (tertiary/aromatic N) is 6. The van der Waals surface area contributed by atoms with Gasteiger partial charge in [0.1, 0.15) is 23.5 Å². The van der Waals surface area contributed by atoms with Crippen molar-refractivity contribution in [2.24, 2.45) is 5.92 Å². The number of amides is 3. The Balaban J connectivity index is 1.17. The Morgan fingerprint density at radius 3 is 2.09 bits per heavy atom. The molecule has 4 aromatic rings. The molecule has 282 valence electrons. The smallest absolute Gasteiger partial charge is 0.407 e. The van der Waals surface area contributed by atoms with Gasteiger partial charge >= 0.3 is 6.09 Å². The zero-order chi connectivity index (χ0) is 37.8. The fraction of sp³-hybridized carbons (Fsp3) is 0.486. The predicted molar refractivity (Wildman–Crippen MR) is 191 cm³/mol. The van der Waals surface area contributed by atoms with Crippen molar-refractivity contribution in [3.8, 4) is 34.0 Å². The van der Waals surface area contributed by atoms with Gasteiger partial charge < -0.3 is 39.3 Å². The molecule has 2 aliphatic rings. The lowest BCUT2D eigenvalue weighted by molar-refractivity contribution is -0.140. The third kappa shape index (κ3) is 7.78. The molecule has 5 heterocycles. The number of H-pyrrole nitrogens is 2. The van der Waals surface area contributed by atoms with Crippen LogP contribution in [0.15, 0.2) is 42.9 Å². The standard InChI is InChI=1S/C37H46FN9O6/c1-20(21(2)51-4)35(48)46-15-7-9-29(46)33-40-18-27(43-33)24-12-11-23(17-25(24)38)32-39-14-13-26(42-32)28-19-41-34(44-28)30-10-8-16-47(30)36(49)31(22(3)52-5)45-37(50)53-6/h11-14,17-22,29-31H,7-10,15-16H2,1-6H3,(H,40,43)(H,41,44)(H,45,50)/t20-,21+,22?,29-,30-,31-/m0/s1. The van der Waals surface area contributed by atoms with E-state index in [1.807, 2.05) is 18.7 Å². The van der Waals surface area contributed by atoms with E-state index in [0.29, 0.717) is 65.2 Å². The zero-order valence-corrected chi connectivity index (χ0v) is 30.8. The van der Waals surface area contributed by atoms with E-state index in [1.165, 1.54) is 20.3 Å². The van der Waals surface area contributed by atoms with Crippen LogP contribution in [0.4, 0.5) is 9.18 Å². The summed E-state index contributed by atoms with van der Waals surface area (Å²) < 4.78 is 31.2. The molecule has 53 heavy (non-hydrogen) atoms. The summed E-state index contributed by atoms with van der Waals surface area (Å²) in [6.07, 6.45) is 6.34. The molecular weight excluding hydrogens is 685 g/mol. The van der Waals surface area contributed by atoms with Crippen molar-refractivity contribution in [2.75, 3.05) is 34.4 Å². The second-order valence-electron chi connectivity index (χ2n) is 13.5. The average molecular weight is 732 g/mol. The van der Waals surface area contributed by atoms with E-state index in [4.69, 9.17) is 19.2 Å². The number of nitrogens with one attached hydrogen (secondary N) is 3. The summed E-state index contributed by atoms with van der Waals surface area (Å²) in [5.41, 5.74) is 2.45. The van der Waals surface area contributed by atoms with E-state index in [0.717, 1.165) is 19.3 Å². The third-order valence-corrected chi connectivity index (χ3v) is 10.4. The number of aromatic nitrogens is 6. The number of ether oxygens (including phenoxy) is 3. The topological polar surface area (TPSA) is 181 Å². The first-order valence-corrected chi connectivity index (χ1v) is 17.8. The van der Waals surface area contributed by atoms with E-state index in [2.05, 4.69) is 30.2 Å². The molecule has 16 heteroatoms. The summed E-state index contributed by atoms with van der Waals surface area (Å²) in [4.78, 5) is 67.1. The molecule has 1 aromatic carbocycles. The maximum atomic E-state index is 15.7. The lowest BCUT2D eigenvalue weighted by Gasteiger charge is -2.30. The van der Waals surface area contributed by atoms with Crippen LogP contribution in [0.1, 0.15) is 70.2 Å². The third-order valence-electron chi connectivity index (χ3n) is 10.4. The Bertz CT molecular complexity index is 1930. The summed E-state index contributed by atoms with van der Waals surface area (Å²) in [7, 11) is 4.30. The first kappa shape index (κ1) is 37.5. The van der Waals surface area contributed by atoms with Crippen molar-refractivity contribution < 1.29 is 33.0 Å². The van der Waals surface area contributed by atoms with Crippen LogP contribution < -0.4 is 5.32 Å². The number of benzene rings is 1. The summed E-state index contributed by atoms with van der Waals surface area (Å²) in [5.74, 6) is 0.439. The predicted octanol–water partition coefficient (Wildman–Crippen LogP) is 4.82. The van der Waals surface area contributed by atoms with Gasteiger partial charge in [-0.3, -0.25) is 9.59 Å². The molecule has 2 aliphatic heterocycles. The Labute approximate surface area is 307 Å². The van der Waals surface area contributed by atoms with Crippen molar-refractivity contribution in [3.05, 3.63) is 60.3 Å². The summed E-state index contributed by atoms with van der Waals surface area (Å²) in [6.45, 7) is 6.57. The first-order valence-electron chi connectivity index (χ1n) is 17.8. The van der Waals surface area contributed by atoms with E-state index < -0.39 is 24.1 Å². The van der Waals surface area contributed by atoms with Crippen LogP contribution in [-0.2, 0) is 23.8 Å². The Kier molecular flexibility index (Phi) is 11.5. The molecule has 0 aliphatic carbocycles. The first-order chi connectivity index (χ1) is 25.5. The van der Waals surface area contributed by atoms with Gasteiger partial charge in [0.25, 0.3) is 0 Å². The molecule has 15 nitrogen and oxygen atoms in total. The maximum absolute atomic E-state index is 15.7. The molecule has 2 saturated heterocycles. The van der Waals surface area contributed by atoms with Gasteiger partial charge in [-0.1, -0.05) is 13.0 Å². The van der Waals surface area contributed by atoms with Crippen LogP contribution in [-0.4, -0.2) is 110 Å². The monoisotopic (exact) mass is 731 g/mol. The fourth-order valence-electron chi connectivity index (χ4n) is 6.98. The second kappa shape index (κ2) is 16.2. The minimum atomic E-state index is -0.943. The highest BCUT2D eigenvalue weighted by atomic mass is 19.1. The average Bonchev–Trinajstić information content (AvgIpc) is 4.02. The number of hydrogen-bond acceptors (Lipinski definition) is 10. The Morgan fingerprint density at radius 1 is 0.849 bits per heavy atom. The number of methoxy groups -OCH3 is 3. The van der Waals surface area contributed by atoms with Gasteiger partial charge in [-0.15, -0.1) is 0 Å². The maximum Gasteiger partial charge on any atom is 0.407 e. The van der Waals surface area contributed by atoms with E-state index in [1.54, 1.807) is 55.7 Å². The highest BCUT2D eigenvalue weighted by Crippen LogP contribution is 2.35. The lowest BCUT2D eigenvalue weighted by atomic mass is 10.0. The molecule has 3 aromatic heterocycles. The zero-order valence-electron chi connectivity index (χ0n) is 30.8. The minimum absolute atomic E-state index is 0.00953. The molecule has 3 amide bonds. The van der Waals surface area contributed by atoms with Gasteiger partial charge in [0.2, 0.25) is 11.8 Å². The number of halogens is 1. The van der Waals surface area contributed by atoms with Crippen LogP contribution in [0.25, 0.3) is 34.0 Å². The summed E-state index contributed by atoms with van der Waals surface area (Å²) in [5, 5.41) is 2.59. The van der Waals surface area contributed by atoms with Gasteiger partial charge in [0.05, 0.1) is 66.8 Å². The number of imidazole rings is 2. The van der Waals surface area contributed by atoms with Gasteiger partial charge in [0, 0.05) is 44.6 Å². The van der Waals surface area contributed by atoms with Crippen LogP contribution in [0.3, 0.4) is 0 Å². The van der Waals surface area contributed by atoms with Crippen LogP contribution in [0.2, 0.25) is 0 Å². The summed E-state index contributed by atoms with van der Waals surface area (Å²) >= 11 is 0. The molecule has 3 N–H and O–H groups in total. The molecule has 6 atom stereocenters. The van der Waals surface area contributed by atoms with E-state index in [-0.39, 0.29) is 35.9 Å². The lowest BCUT2D eigenvalue weighted by Crippen LogP contribution is -2.54. The van der Waals surface area contributed by atoms with Gasteiger partial charge in [-0.25, -0.2) is 29.1 Å². The SMILES string of the molecule is COC(=O)N[C@H](C(=O)N1CCC[C@H]1c1ncc(-c2ccnc(-c3ccc(-c4cnc([C@@H]5CCCN5C(=O)[C@@H](C)[C@@H](C)OC)[nH]4)c(F)c3)n2)[nH]1)C(C)OC. The number of carbonyl (C=O) groups excluding carboxylic acids is 3. The van der Waals surface area contributed by atoms with E-state index in [9.17, 15) is 14.4 Å². The number of hydrogen-bond donors (Lipinski definition) is 3. The van der Waals surface area contributed by atoms with Crippen molar-refractivity contribution in [2.45, 2.75) is 76.8 Å². The van der Waals surface area contributed by atoms with Crippen LogP contribution in [0.5, 0.6) is 0 Å². The van der Waals surface area contributed by atoms with Gasteiger partial charge in [0.15, 0.2) is 5.82 Å². The normalized spacial score (nSPS) is 19.5. The number of aromatic amines is 2. The summed E-state index contributed by atoms with van der Waals surface area (Å²) in [6, 6.07) is 4.99. The van der Waals surface area contributed by atoms with Gasteiger partial charge in [-0.05, 0) is 57.7 Å². The van der Waals surface area contributed by atoms with E-state index >= 15 is 4.39 Å². The van der Waals surface area contributed by atoms with Gasteiger partial charge in [-0.2, -0.15) is 0 Å². The fourth-order valence-corrected chi connectivity index (χ4v) is 6.98. The van der Waals surface area contributed by atoms with Crippen LogP contribution >= 0.6 is 0 Å². The van der Waals surface area contributed by atoms with Crippen LogP contribution in [0, 0.1) is 11.7 Å². The molecular formula is C37H46FN9O6. The molecule has 6 rings (SSSR count). The van der Waals surface area contributed by atoms with Crippen molar-refractivity contribution in [1.29, 1.82) is 0 Å². The number of likely N-dealkylation sites (tertiary alicyclic amines) is 2. The highest BCUT2D eigenvalue weighted by molar-refractivity contribution is 5.87. The second-order valence-corrected chi connectivity index (χ2v) is 13.5. The Morgan fingerprint density at radius 2 is 1.47 bits per heavy atom. The minimum Gasteiger partial charge on any atom is -0.453 e. The molecule has 0 bridgehead atoms. The highest BCUT2D eigenvalue weighted by Gasteiger charge is 2.39. The molecule has 2 fully saturated rings.